The van der Waals surface area contributed by atoms with Crippen molar-refractivity contribution < 1.29 is 42.5 Å². The molecule has 2 rings (SSSR count). The van der Waals surface area contributed by atoms with Crippen LogP contribution in [0.3, 0.4) is 0 Å². The number of hydrogen-bond acceptors (Lipinski definition) is 3. The Hall–Kier alpha value is -0.390. The van der Waals surface area contributed by atoms with Gasteiger partial charge < -0.3 is 4.55 Å². The summed E-state index contributed by atoms with van der Waals surface area (Å²) >= 11 is 0. The number of unbranched alkanes of at least 4 members (excludes halogenated alkanes) is 8. The van der Waals surface area contributed by atoms with Crippen LogP contribution in [0.2, 0.25) is 0 Å². The van der Waals surface area contributed by atoms with Gasteiger partial charge in [-0.2, -0.15) is 0 Å². The van der Waals surface area contributed by atoms with E-state index >= 15 is 0 Å². The van der Waals surface area contributed by atoms with E-state index in [0.29, 0.717) is 5.39 Å². The molecule has 0 saturated heterocycles. The van der Waals surface area contributed by atoms with Crippen LogP contribution in [0.4, 0.5) is 0 Å². The van der Waals surface area contributed by atoms with Gasteiger partial charge in [-0.3, -0.25) is 0 Å². The summed E-state index contributed by atoms with van der Waals surface area (Å²) in [6.07, 6.45) is 14.2. The standard InChI is InChI=1S/C24H36O3S.Na/c1-3-5-7-9-11-14-20-18-22-16-13-17-24(28(25,26)27)23(22)19-21(20)15-12-10-8-6-4-2;/h13,16-19H,3-12,14-15H2,1-2H3,(H,25,26,27);/q;+1/p-1. The minimum atomic E-state index is -4.47. The van der Waals surface area contributed by atoms with Crippen molar-refractivity contribution in [1.29, 1.82) is 0 Å². The van der Waals surface area contributed by atoms with Gasteiger partial charge in [0.25, 0.3) is 0 Å². The Morgan fingerprint density at radius 2 is 1.28 bits per heavy atom. The van der Waals surface area contributed by atoms with E-state index < -0.39 is 10.1 Å². The molecule has 2 aromatic rings. The van der Waals surface area contributed by atoms with Crippen LogP contribution in [0.15, 0.2) is 35.2 Å². The van der Waals surface area contributed by atoms with E-state index in [0.717, 1.165) is 31.1 Å². The summed E-state index contributed by atoms with van der Waals surface area (Å²) in [4.78, 5) is -0.0910. The van der Waals surface area contributed by atoms with E-state index in [4.69, 9.17) is 0 Å². The van der Waals surface area contributed by atoms with Crippen LogP contribution >= 0.6 is 0 Å². The van der Waals surface area contributed by atoms with E-state index in [1.807, 2.05) is 12.1 Å². The van der Waals surface area contributed by atoms with Crippen molar-refractivity contribution in [1.82, 2.24) is 0 Å². The maximum Gasteiger partial charge on any atom is 1.00 e. The Morgan fingerprint density at radius 3 is 1.79 bits per heavy atom. The summed E-state index contributed by atoms with van der Waals surface area (Å²) in [7, 11) is -4.47. The number of benzene rings is 2. The van der Waals surface area contributed by atoms with Gasteiger partial charge in [-0.05, 0) is 59.7 Å². The Bertz CT molecular complexity index is 847. The molecule has 0 bridgehead atoms. The van der Waals surface area contributed by atoms with Gasteiger partial charge in [0, 0.05) is 0 Å². The van der Waals surface area contributed by atoms with Crippen molar-refractivity contribution in [2.24, 2.45) is 0 Å². The molecule has 0 atom stereocenters. The molecule has 0 spiro atoms. The first-order chi connectivity index (χ1) is 13.5. The van der Waals surface area contributed by atoms with Crippen LogP contribution in [-0.4, -0.2) is 13.0 Å². The van der Waals surface area contributed by atoms with Crippen LogP contribution in [0.5, 0.6) is 0 Å². The molecule has 0 aliphatic carbocycles. The Labute approximate surface area is 199 Å². The first kappa shape index (κ1) is 26.6. The van der Waals surface area contributed by atoms with Crippen LogP contribution in [0, 0.1) is 0 Å². The summed E-state index contributed by atoms with van der Waals surface area (Å²) in [5.41, 5.74) is 2.54. The molecule has 0 N–H and O–H groups in total. The fraction of sp³-hybridized carbons (Fsp3) is 0.583. The SMILES string of the molecule is CCCCCCCc1cc2cccc(S(=O)(=O)[O-])c2cc1CCCCCCC.[Na+]. The zero-order chi connectivity index (χ0) is 20.4. The third kappa shape index (κ3) is 8.70. The molecule has 0 aliphatic rings. The number of aryl methyl sites for hydroxylation is 2. The van der Waals surface area contributed by atoms with Crippen molar-refractivity contribution in [2.75, 3.05) is 0 Å². The third-order valence-electron chi connectivity index (χ3n) is 5.53. The maximum absolute atomic E-state index is 11.7. The quantitative estimate of drug-likeness (QED) is 0.278. The van der Waals surface area contributed by atoms with E-state index in [1.165, 1.54) is 68.6 Å². The zero-order valence-electron chi connectivity index (χ0n) is 18.5. The number of fused-ring (bicyclic) bond motifs is 1. The fourth-order valence-corrected chi connectivity index (χ4v) is 4.60. The van der Waals surface area contributed by atoms with E-state index in [1.54, 1.807) is 6.07 Å². The second-order valence-corrected chi connectivity index (χ2v) is 9.23. The summed E-state index contributed by atoms with van der Waals surface area (Å²) in [5, 5.41) is 1.44. The van der Waals surface area contributed by atoms with Crippen LogP contribution < -0.4 is 29.6 Å². The summed E-state index contributed by atoms with van der Waals surface area (Å²) in [5.74, 6) is 0. The average Bonchev–Trinajstić information content (AvgIpc) is 2.66. The molecule has 0 aromatic heterocycles. The van der Waals surface area contributed by atoms with Gasteiger partial charge in [0.2, 0.25) is 0 Å². The molecule has 0 saturated carbocycles. The monoisotopic (exact) mass is 426 g/mol. The number of rotatable bonds is 13. The normalized spacial score (nSPS) is 11.6. The molecular weight excluding hydrogens is 391 g/mol. The molecule has 0 radical (unpaired) electrons. The van der Waals surface area contributed by atoms with Gasteiger partial charge in [0.05, 0.1) is 4.90 Å². The van der Waals surface area contributed by atoms with Gasteiger partial charge in [0.1, 0.15) is 10.1 Å². The van der Waals surface area contributed by atoms with Gasteiger partial charge in [-0.25, -0.2) is 8.42 Å². The molecule has 0 fully saturated rings. The summed E-state index contributed by atoms with van der Waals surface area (Å²) in [6, 6.07) is 9.10. The first-order valence-corrected chi connectivity index (χ1v) is 12.4. The van der Waals surface area contributed by atoms with Crippen LogP contribution in [-0.2, 0) is 23.0 Å². The predicted molar refractivity (Wildman–Crippen MR) is 117 cm³/mol. The molecular formula is C24H35NaO3S. The van der Waals surface area contributed by atoms with Crippen LogP contribution in [0.25, 0.3) is 10.8 Å². The Morgan fingerprint density at radius 1 is 0.759 bits per heavy atom. The molecule has 5 heteroatoms. The van der Waals surface area contributed by atoms with Crippen molar-refractivity contribution in [3.05, 3.63) is 41.5 Å². The summed E-state index contributed by atoms with van der Waals surface area (Å²) < 4.78 is 35.1. The van der Waals surface area contributed by atoms with Gasteiger partial charge in [0.15, 0.2) is 0 Å². The summed E-state index contributed by atoms with van der Waals surface area (Å²) in [6.45, 7) is 4.44. The second-order valence-electron chi connectivity index (χ2n) is 7.88. The number of hydrogen-bond donors (Lipinski definition) is 0. The van der Waals surface area contributed by atoms with E-state index in [9.17, 15) is 13.0 Å². The first-order valence-electron chi connectivity index (χ1n) is 11.0. The molecule has 29 heavy (non-hydrogen) atoms. The van der Waals surface area contributed by atoms with Crippen LogP contribution in [0.1, 0.15) is 89.2 Å². The molecule has 3 nitrogen and oxygen atoms in total. The molecule has 0 aliphatic heterocycles. The maximum atomic E-state index is 11.7. The van der Waals surface area contributed by atoms with E-state index in [2.05, 4.69) is 19.9 Å². The molecule has 0 unspecified atom stereocenters. The van der Waals surface area contributed by atoms with Gasteiger partial charge >= 0.3 is 29.6 Å². The topological polar surface area (TPSA) is 57.2 Å². The molecule has 0 heterocycles. The van der Waals surface area contributed by atoms with Gasteiger partial charge in [-0.15, -0.1) is 0 Å². The zero-order valence-corrected chi connectivity index (χ0v) is 21.3. The van der Waals surface area contributed by atoms with Crippen molar-refractivity contribution in [3.63, 3.8) is 0 Å². The molecule has 2 aromatic carbocycles. The Balaban J connectivity index is 0.00000420. The largest absolute Gasteiger partial charge is 1.00 e. The third-order valence-corrected chi connectivity index (χ3v) is 6.42. The minimum Gasteiger partial charge on any atom is -0.744 e. The van der Waals surface area contributed by atoms with Gasteiger partial charge in [-0.1, -0.05) is 83.4 Å². The van der Waals surface area contributed by atoms with Crippen molar-refractivity contribution in [3.8, 4) is 0 Å². The molecule has 0 amide bonds. The smallest absolute Gasteiger partial charge is 0.744 e. The fourth-order valence-electron chi connectivity index (χ4n) is 3.91. The molecule has 156 valence electrons. The Kier molecular flexibility index (Phi) is 12.7. The predicted octanol–water partition coefficient (Wildman–Crippen LogP) is 3.77. The second kappa shape index (κ2) is 13.8. The van der Waals surface area contributed by atoms with Crippen molar-refractivity contribution >= 4 is 20.9 Å². The van der Waals surface area contributed by atoms with E-state index in [-0.39, 0.29) is 34.5 Å². The average molecular weight is 427 g/mol. The van der Waals surface area contributed by atoms with Crippen molar-refractivity contribution in [2.45, 2.75) is 95.8 Å². The minimum absolute atomic E-state index is 0.